The second kappa shape index (κ2) is 5.04. The molecule has 1 heterocycles. The van der Waals surface area contributed by atoms with Gasteiger partial charge in [-0.2, -0.15) is 5.10 Å². The summed E-state index contributed by atoms with van der Waals surface area (Å²) in [5.41, 5.74) is 1.78. The van der Waals surface area contributed by atoms with E-state index in [1.165, 1.54) is 0 Å². The number of rotatable bonds is 5. The molecule has 0 saturated heterocycles. The topological polar surface area (TPSA) is 37.9 Å². The summed E-state index contributed by atoms with van der Waals surface area (Å²) >= 11 is 0. The van der Waals surface area contributed by atoms with Gasteiger partial charge in [0.1, 0.15) is 0 Å². The Morgan fingerprint density at radius 1 is 1.06 bits per heavy atom. The maximum atomic E-state index is 6.35. The van der Waals surface area contributed by atoms with E-state index in [0.717, 1.165) is 5.88 Å². The average molecular weight is 240 g/mol. The first-order valence-corrected chi connectivity index (χ1v) is 8.23. The molecule has 0 radical (unpaired) electrons. The first kappa shape index (κ1) is 13.3. The van der Waals surface area contributed by atoms with Crippen molar-refractivity contribution in [3.63, 3.8) is 0 Å². The maximum absolute atomic E-state index is 6.35. The zero-order valence-corrected chi connectivity index (χ0v) is 12.2. The molecule has 0 spiro atoms. The summed E-state index contributed by atoms with van der Waals surface area (Å²) < 4.78 is 6.35. The van der Waals surface area contributed by atoms with Gasteiger partial charge in [0, 0.05) is 6.07 Å². The summed E-state index contributed by atoms with van der Waals surface area (Å²) in [5.74, 6) is 0.822. The Balaban J connectivity index is 3.02. The van der Waals surface area contributed by atoms with Crippen molar-refractivity contribution < 1.29 is 4.43 Å². The highest BCUT2D eigenvalue weighted by atomic mass is 28.4. The monoisotopic (exact) mass is 240 g/mol. The molecule has 1 rings (SSSR count). The van der Waals surface area contributed by atoms with Gasteiger partial charge < -0.3 is 4.43 Å². The van der Waals surface area contributed by atoms with Crippen LogP contribution in [-0.2, 0) is 0 Å². The molecule has 0 aliphatic heterocycles. The smallest absolute Gasteiger partial charge is 0.260 e. The van der Waals surface area contributed by atoms with Gasteiger partial charge in [-0.25, -0.2) is 5.10 Å². The number of H-pyrrole nitrogens is 1. The lowest BCUT2D eigenvalue weighted by Gasteiger charge is -2.41. The lowest BCUT2D eigenvalue weighted by atomic mass is 10.5. The second-order valence-electron chi connectivity index (χ2n) is 5.34. The third kappa shape index (κ3) is 2.31. The molecule has 16 heavy (non-hydrogen) atoms. The van der Waals surface area contributed by atoms with Gasteiger partial charge in [-0.1, -0.05) is 41.5 Å². The second-order valence-corrected chi connectivity index (χ2v) is 10.7. The predicted octanol–water partition coefficient (Wildman–Crippen LogP) is 3.96. The van der Waals surface area contributed by atoms with Crippen LogP contribution in [0.4, 0.5) is 0 Å². The summed E-state index contributed by atoms with van der Waals surface area (Å²) in [5, 5.41) is 6.88. The van der Waals surface area contributed by atoms with Crippen molar-refractivity contribution in [2.45, 2.75) is 58.2 Å². The van der Waals surface area contributed by atoms with Gasteiger partial charge in [0.15, 0.2) is 5.88 Å². The molecule has 3 nitrogen and oxygen atoms in total. The average Bonchev–Trinajstić information content (AvgIpc) is 2.64. The molecule has 0 aromatic carbocycles. The molecular weight excluding hydrogens is 216 g/mol. The van der Waals surface area contributed by atoms with E-state index in [1.54, 1.807) is 6.20 Å². The van der Waals surface area contributed by atoms with Gasteiger partial charge in [0.2, 0.25) is 0 Å². The number of hydrogen-bond acceptors (Lipinski definition) is 2. The molecule has 4 heteroatoms. The molecule has 1 N–H and O–H groups in total. The first-order valence-electron chi connectivity index (χ1n) is 6.09. The number of hydrogen-bond donors (Lipinski definition) is 1. The van der Waals surface area contributed by atoms with Gasteiger partial charge in [-0.05, 0) is 16.6 Å². The number of nitrogens with zero attached hydrogens (tertiary/aromatic N) is 1. The molecule has 0 unspecified atom stereocenters. The van der Waals surface area contributed by atoms with Crippen molar-refractivity contribution in [2.24, 2.45) is 0 Å². The minimum absolute atomic E-state index is 0.593. The van der Waals surface area contributed by atoms with Crippen molar-refractivity contribution >= 4 is 8.32 Å². The van der Waals surface area contributed by atoms with Crippen LogP contribution in [0, 0.1) is 0 Å². The van der Waals surface area contributed by atoms with E-state index in [1.807, 2.05) is 6.07 Å². The molecule has 0 aliphatic rings. The molecule has 1 aromatic heterocycles. The molecule has 0 saturated carbocycles. The van der Waals surface area contributed by atoms with E-state index >= 15 is 0 Å². The van der Waals surface area contributed by atoms with Crippen LogP contribution in [0.5, 0.6) is 5.88 Å². The highest BCUT2D eigenvalue weighted by Crippen LogP contribution is 2.42. The Morgan fingerprint density at radius 3 is 1.88 bits per heavy atom. The van der Waals surface area contributed by atoms with Crippen LogP contribution in [0.3, 0.4) is 0 Å². The molecule has 92 valence electrons. The van der Waals surface area contributed by atoms with E-state index in [9.17, 15) is 0 Å². The van der Waals surface area contributed by atoms with Crippen molar-refractivity contribution in [2.75, 3.05) is 0 Å². The fourth-order valence-electron chi connectivity index (χ4n) is 2.84. The number of aromatic amines is 1. The number of aromatic nitrogens is 2. The van der Waals surface area contributed by atoms with Crippen LogP contribution in [0.1, 0.15) is 41.5 Å². The molecular formula is C12H24N2OSi. The highest BCUT2D eigenvalue weighted by Gasteiger charge is 2.47. The van der Waals surface area contributed by atoms with E-state index < -0.39 is 8.32 Å². The molecule has 0 fully saturated rings. The van der Waals surface area contributed by atoms with Gasteiger partial charge in [0.25, 0.3) is 8.32 Å². The van der Waals surface area contributed by atoms with Crippen LogP contribution in [0.2, 0.25) is 16.6 Å². The summed E-state index contributed by atoms with van der Waals surface area (Å²) in [6.07, 6.45) is 1.75. The van der Waals surface area contributed by atoms with Crippen LogP contribution >= 0.6 is 0 Å². The van der Waals surface area contributed by atoms with Crippen molar-refractivity contribution in [3.8, 4) is 5.88 Å². The van der Waals surface area contributed by atoms with Crippen LogP contribution in [-0.4, -0.2) is 18.5 Å². The summed E-state index contributed by atoms with van der Waals surface area (Å²) in [6.45, 7) is 13.7. The van der Waals surface area contributed by atoms with Crippen molar-refractivity contribution in [1.29, 1.82) is 0 Å². The minimum atomic E-state index is -1.80. The summed E-state index contributed by atoms with van der Waals surface area (Å²) in [4.78, 5) is 0. The van der Waals surface area contributed by atoms with Crippen LogP contribution in [0.25, 0.3) is 0 Å². The van der Waals surface area contributed by atoms with Crippen molar-refractivity contribution in [3.05, 3.63) is 12.3 Å². The molecule has 0 amide bonds. The van der Waals surface area contributed by atoms with Crippen LogP contribution < -0.4 is 4.43 Å². The van der Waals surface area contributed by atoms with Gasteiger partial charge in [-0.15, -0.1) is 0 Å². The largest absolute Gasteiger partial charge is 0.530 e. The van der Waals surface area contributed by atoms with Crippen molar-refractivity contribution in [1.82, 2.24) is 10.2 Å². The maximum Gasteiger partial charge on any atom is 0.260 e. The Hall–Kier alpha value is -0.773. The first-order chi connectivity index (χ1) is 7.41. The molecule has 0 bridgehead atoms. The number of nitrogens with one attached hydrogen (secondary N) is 1. The van der Waals surface area contributed by atoms with E-state index in [-0.39, 0.29) is 0 Å². The van der Waals surface area contributed by atoms with E-state index in [0.29, 0.717) is 16.6 Å². The molecule has 0 atom stereocenters. The molecule has 0 aliphatic carbocycles. The third-order valence-corrected chi connectivity index (χ3v) is 9.46. The summed E-state index contributed by atoms with van der Waals surface area (Å²) in [7, 11) is -1.80. The van der Waals surface area contributed by atoms with E-state index in [2.05, 4.69) is 51.7 Å². The lowest BCUT2D eigenvalue weighted by Crippen LogP contribution is -2.50. The summed E-state index contributed by atoms with van der Waals surface area (Å²) in [6, 6.07) is 1.91. The third-order valence-electron chi connectivity index (χ3n) is 3.47. The quantitative estimate of drug-likeness (QED) is 0.791. The fourth-order valence-corrected chi connectivity index (χ4v) is 8.05. The standard InChI is InChI=1S/C12H24N2OSi/c1-9(2)16(10(3)4,11(5)6)15-12-7-8-13-14-12/h7-11H,1-6H3,(H,13,14). The Morgan fingerprint density at radius 2 is 1.56 bits per heavy atom. The van der Waals surface area contributed by atoms with E-state index in [4.69, 9.17) is 4.43 Å². The predicted molar refractivity (Wildman–Crippen MR) is 70.3 cm³/mol. The Bertz CT molecular complexity index is 285. The zero-order chi connectivity index (χ0) is 12.3. The lowest BCUT2D eigenvalue weighted by molar-refractivity contribution is 0.463. The SMILES string of the molecule is CC(C)[Si](Oc1ccn[nH]1)(C(C)C)C(C)C. The Labute approximate surface area is 99.7 Å². The fraction of sp³-hybridized carbons (Fsp3) is 0.750. The minimum Gasteiger partial charge on any atom is -0.530 e. The normalized spacial score (nSPS) is 12.8. The van der Waals surface area contributed by atoms with Gasteiger partial charge >= 0.3 is 0 Å². The molecule has 1 aromatic rings. The Kier molecular flexibility index (Phi) is 4.19. The van der Waals surface area contributed by atoms with Gasteiger partial charge in [0.05, 0.1) is 6.20 Å². The highest BCUT2D eigenvalue weighted by molar-refractivity contribution is 6.78. The van der Waals surface area contributed by atoms with Crippen LogP contribution in [0.15, 0.2) is 12.3 Å². The zero-order valence-electron chi connectivity index (χ0n) is 11.2. The van der Waals surface area contributed by atoms with Gasteiger partial charge in [-0.3, -0.25) is 0 Å².